The summed E-state index contributed by atoms with van der Waals surface area (Å²) in [4.78, 5) is 62.7. The van der Waals surface area contributed by atoms with Gasteiger partial charge in [-0.05, 0) is 73.6 Å². The molecule has 0 aliphatic rings. The number of hydrogen-bond acceptors (Lipinski definition) is 10. The maximum absolute atomic E-state index is 13.7. The Hall–Kier alpha value is -5.32. The molecule has 0 fully saturated rings. The van der Waals surface area contributed by atoms with Crippen LogP contribution in [0.5, 0.6) is 0 Å². The topological polar surface area (TPSA) is 165 Å². The molecule has 0 saturated heterocycles. The van der Waals surface area contributed by atoms with Crippen molar-refractivity contribution in [1.29, 1.82) is 0 Å². The van der Waals surface area contributed by atoms with Crippen LogP contribution in [-0.4, -0.2) is 33.8 Å². The molecule has 2 aromatic carbocycles. The first kappa shape index (κ1) is 41.4. The third-order valence-electron chi connectivity index (χ3n) is 8.76. The molecule has 0 radical (unpaired) electrons. The highest BCUT2D eigenvalue weighted by atomic mass is 16.6. The zero-order valence-electron chi connectivity index (χ0n) is 33.1. The Morgan fingerprint density at radius 2 is 0.889 bits per heavy atom. The molecule has 2 heterocycles. The quantitative estimate of drug-likeness (QED) is 0.0935. The summed E-state index contributed by atoms with van der Waals surface area (Å²) in [5, 5.41) is 0. The highest BCUT2D eigenvalue weighted by Crippen LogP contribution is 2.36. The molecule has 4 aromatic rings. The van der Waals surface area contributed by atoms with Crippen molar-refractivity contribution in [3.63, 3.8) is 0 Å². The smallest absolute Gasteiger partial charge is 0.348 e. The summed E-state index contributed by atoms with van der Waals surface area (Å²) in [5.74, 6) is -4.19. The van der Waals surface area contributed by atoms with E-state index in [0.29, 0.717) is 46.5 Å². The fourth-order valence-corrected chi connectivity index (χ4v) is 6.41. The molecule has 0 amide bonds. The van der Waals surface area contributed by atoms with Crippen molar-refractivity contribution in [1.82, 2.24) is 9.97 Å². The van der Waals surface area contributed by atoms with E-state index in [1.165, 1.54) is 0 Å². The second kappa shape index (κ2) is 16.8. The van der Waals surface area contributed by atoms with Crippen LogP contribution in [-0.2, 0) is 45.0 Å². The zero-order valence-corrected chi connectivity index (χ0v) is 33.1. The van der Waals surface area contributed by atoms with Crippen LogP contribution in [0, 0.1) is 38.5 Å². The molecule has 0 atom stereocenters. The lowest BCUT2D eigenvalue weighted by molar-refractivity contribution is -0.135. The number of benzene rings is 2. The number of aromatic nitrogens is 2. The lowest BCUT2D eigenvalue weighted by Crippen LogP contribution is -2.21. The summed E-state index contributed by atoms with van der Waals surface area (Å²) in [6.45, 7) is 20.0. The minimum absolute atomic E-state index is 0.0914. The second-order valence-electron chi connectivity index (χ2n) is 16.1. The Balaban J connectivity index is 1.63. The van der Waals surface area contributed by atoms with E-state index in [1.54, 1.807) is 13.8 Å². The maximum Gasteiger partial charge on any atom is 0.348 e. The number of aryl methyl sites for hydroxylation is 4. The van der Waals surface area contributed by atoms with Gasteiger partial charge in [-0.2, -0.15) is 0 Å². The third kappa shape index (κ3) is 10.2. The number of carbonyl (C=O) groups excluding carboxylic acids is 4. The van der Waals surface area contributed by atoms with Gasteiger partial charge in [0, 0.05) is 47.8 Å². The van der Waals surface area contributed by atoms with Crippen molar-refractivity contribution in [2.45, 2.75) is 95.2 Å². The Kier molecular flexibility index (Phi) is 12.9. The molecule has 0 saturated carbocycles. The van der Waals surface area contributed by atoms with E-state index in [2.05, 4.69) is 41.5 Å². The first-order chi connectivity index (χ1) is 25.2. The highest BCUT2D eigenvalue weighted by Gasteiger charge is 2.29. The van der Waals surface area contributed by atoms with Crippen LogP contribution < -0.4 is 11.5 Å². The zero-order chi connectivity index (χ0) is 40.1. The largest absolute Gasteiger partial charge is 0.386 e. The Morgan fingerprint density at radius 1 is 0.574 bits per heavy atom. The third-order valence-corrected chi connectivity index (χ3v) is 8.76. The van der Waals surface area contributed by atoms with Gasteiger partial charge in [-0.15, -0.1) is 0 Å². The van der Waals surface area contributed by atoms with Crippen LogP contribution in [0.1, 0.15) is 107 Å². The fraction of sp³-hybridized carbons (Fsp3) is 0.364. The fourth-order valence-electron chi connectivity index (χ4n) is 6.41. The molecule has 0 spiro atoms. The Bertz CT molecular complexity index is 1950. The summed E-state index contributed by atoms with van der Waals surface area (Å²) in [7, 11) is 0. The van der Waals surface area contributed by atoms with Gasteiger partial charge in [0.25, 0.3) is 0 Å². The van der Waals surface area contributed by atoms with E-state index in [-0.39, 0.29) is 35.0 Å². The first-order valence-electron chi connectivity index (χ1n) is 18.0. The maximum atomic E-state index is 13.7. The molecule has 10 heteroatoms. The average molecular weight is 733 g/mol. The highest BCUT2D eigenvalue weighted by molar-refractivity contribution is 6.08. The van der Waals surface area contributed by atoms with Crippen molar-refractivity contribution in [2.24, 2.45) is 22.3 Å². The predicted octanol–water partition coefficient (Wildman–Crippen LogP) is 7.76. The Labute approximate surface area is 318 Å². The van der Waals surface area contributed by atoms with Gasteiger partial charge in [0.1, 0.15) is 0 Å². The molecule has 54 heavy (non-hydrogen) atoms. The van der Waals surface area contributed by atoms with E-state index in [1.807, 2.05) is 62.4 Å². The molecular weight excluding hydrogens is 681 g/mol. The number of nitrogens with two attached hydrogens (primary N) is 2. The van der Waals surface area contributed by atoms with Gasteiger partial charge in [0.2, 0.25) is 0 Å². The van der Waals surface area contributed by atoms with Gasteiger partial charge in [0.15, 0.2) is 0 Å². The van der Waals surface area contributed by atoms with E-state index >= 15 is 0 Å². The van der Waals surface area contributed by atoms with Crippen molar-refractivity contribution in [3.8, 4) is 22.3 Å². The number of ether oxygens (including phenoxy) is 2. The normalized spacial score (nSPS) is 11.9. The summed E-state index contributed by atoms with van der Waals surface area (Å²) in [5.41, 5.74) is 20.6. The second-order valence-corrected chi connectivity index (χ2v) is 16.1. The van der Waals surface area contributed by atoms with Crippen molar-refractivity contribution in [2.75, 3.05) is 0 Å². The van der Waals surface area contributed by atoms with Gasteiger partial charge in [-0.1, -0.05) is 101 Å². The van der Waals surface area contributed by atoms with Gasteiger partial charge < -0.3 is 20.9 Å². The van der Waals surface area contributed by atoms with Crippen molar-refractivity contribution < 1.29 is 28.7 Å². The molecule has 0 aliphatic carbocycles. The van der Waals surface area contributed by atoms with Crippen LogP contribution >= 0.6 is 0 Å². The molecule has 0 aliphatic heterocycles. The number of carbonyl (C=O) groups is 4. The van der Waals surface area contributed by atoms with Gasteiger partial charge >= 0.3 is 23.9 Å². The number of pyridine rings is 2. The molecule has 4 N–H and O–H groups in total. The van der Waals surface area contributed by atoms with Crippen molar-refractivity contribution in [3.05, 3.63) is 117 Å². The van der Waals surface area contributed by atoms with Gasteiger partial charge in [-0.3, -0.25) is 9.97 Å². The lowest BCUT2D eigenvalue weighted by Gasteiger charge is -2.23. The van der Waals surface area contributed by atoms with Crippen LogP contribution in [0.3, 0.4) is 0 Å². The molecule has 10 nitrogen and oxygen atoms in total. The average Bonchev–Trinajstić information content (AvgIpc) is 3.06. The number of hydrogen-bond donors (Lipinski definition) is 2. The van der Waals surface area contributed by atoms with Crippen LogP contribution in [0.15, 0.2) is 60.7 Å². The molecule has 0 bridgehead atoms. The van der Waals surface area contributed by atoms with Crippen LogP contribution in [0.4, 0.5) is 0 Å². The van der Waals surface area contributed by atoms with Gasteiger partial charge in [-0.25, -0.2) is 19.2 Å². The van der Waals surface area contributed by atoms with Crippen molar-refractivity contribution >= 4 is 23.9 Å². The minimum atomic E-state index is -1.14. The standard InChI is InChI=1S/C44H52N4O6/c1-25-11-15-29(16-12-25)39-31(23-45)33(21-43(5,6)7)47-27(3)37(39)41(51)53-35(49)19-20-36(50)54-42(52)38-28(4)48-34(22-44(8,9)10)32(24-46)40(38)30-17-13-26(2)14-18-30/h11-20H,21-24,45-46H2,1-10H3/b20-19-. The number of nitrogens with zero attached hydrogens (tertiary/aromatic N) is 2. The molecule has 0 unspecified atom stereocenters. The SMILES string of the molecule is Cc1ccc(-c2c(CN)c(CC(C)(C)C)nc(C)c2C(=O)OC(=O)/C=C\C(=O)OC(=O)c2c(C)nc(CC(C)(C)C)c(CN)c2-c2ccc(C)cc2)cc1. The minimum Gasteiger partial charge on any atom is -0.386 e. The summed E-state index contributed by atoms with van der Waals surface area (Å²) >= 11 is 0. The monoisotopic (exact) mass is 732 g/mol. The van der Waals surface area contributed by atoms with Gasteiger partial charge in [0.05, 0.1) is 22.5 Å². The van der Waals surface area contributed by atoms with E-state index in [9.17, 15) is 19.2 Å². The Morgan fingerprint density at radius 3 is 1.17 bits per heavy atom. The molecule has 284 valence electrons. The summed E-state index contributed by atoms with van der Waals surface area (Å²) in [6, 6.07) is 15.2. The number of rotatable bonds is 10. The van der Waals surface area contributed by atoms with Crippen LogP contribution in [0.2, 0.25) is 0 Å². The van der Waals surface area contributed by atoms with Crippen LogP contribution in [0.25, 0.3) is 22.3 Å². The summed E-state index contributed by atoms with van der Waals surface area (Å²) in [6.07, 6.45) is 2.69. The number of esters is 4. The predicted molar refractivity (Wildman–Crippen MR) is 210 cm³/mol. The van der Waals surface area contributed by atoms with E-state index in [4.69, 9.17) is 30.9 Å². The molecular formula is C44H52N4O6. The summed E-state index contributed by atoms with van der Waals surface area (Å²) < 4.78 is 10.4. The first-order valence-corrected chi connectivity index (χ1v) is 18.0. The molecule has 4 rings (SSSR count). The van der Waals surface area contributed by atoms with E-state index in [0.717, 1.165) is 45.8 Å². The molecule has 2 aromatic heterocycles. The lowest BCUT2D eigenvalue weighted by atomic mass is 9.85. The van der Waals surface area contributed by atoms with E-state index < -0.39 is 23.9 Å².